The Balaban J connectivity index is 1.25. The van der Waals surface area contributed by atoms with E-state index in [-0.39, 0.29) is 44.8 Å². The molecule has 0 N–H and O–H groups in total. The van der Waals surface area contributed by atoms with Crippen LogP contribution in [0.15, 0.2) is 109 Å². The van der Waals surface area contributed by atoms with Crippen LogP contribution < -0.4 is 15.7 Å². The van der Waals surface area contributed by atoms with Crippen LogP contribution in [0.5, 0.6) is 0 Å². The van der Waals surface area contributed by atoms with E-state index >= 15 is 0 Å². The van der Waals surface area contributed by atoms with Gasteiger partial charge in [0.15, 0.2) is 0 Å². The van der Waals surface area contributed by atoms with Crippen LogP contribution in [0.1, 0.15) is 180 Å². The van der Waals surface area contributed by atoms with E-state index in [1.807, 2.05) is 0 Å². The summed E-state index contributed by atoms with van der Waals surface area (Å²) in [6, 6.07) is 44.7. The molecule has 14 rings (SSSR count). The lowest BCUT2D eigenvalue weighted by atomic mass is 9.43. The van der Waals surface area contributed by atoms with Gasteiger partial charge in [0.25, 0.3) is 0 Å². The first-order valence-corrected chi connectivity index (χ1v) is 27.1. The maximum atomic E-state index is 2.83. The molecule has 0 spiro atoms. The highest BCUT2D eigenvalue weighted by Gasteiger charge is 2.52. The minimum atomic E-state index is -0.238. The topological polar surface area (TPSA) is 8.17 Å². The van der Waals surface area contributed by atoms with Crippen LogP contribution in [0.4, 0.5) is 11.4 Å². The van der Waals surface area contributed by atoms with E-state index in [2.05, 4.69) is 222 Å². The van der Waals surface area contributed by atoms with Crippen molar-refractivity contribution in [2.45, 2.75) is 167 Å². The van der Waals surface area contributed by atoms with Crippen molar-refractivity contribution < 1.29 is 0 Å². The van der Waals surface area contributed by atoms with Crippen LogP contribution >= 0.6 is 0 Å². The summed E-state index contributed by atoms with van der Waals surface area (Å²) in [4.78, 5) is 2.83. The summed E-state index contributed by atoms with van der Waals surface area (Å²) in [5, 5.41) is 2.88. The molecule has 0 atom stereocenters. The SMILES string of the molecule is CC(C)(C)c1ccc(N2B3c4cc5c(cc4-n4c6cc7c(cc6c6c8c(c(c3c64)-c3cc4c(cc32)C(C)(C)CCC4(C)C)-c2ccccc2C8(C)C)C(C)(C)CCC7(C)C)C(C)(C)c2ccccc2-5)cc1. The van der Waals surface area contributed by atoms with Gasteiger partial charge in [-0.1, -0.05) is 171 Å². The summed E-state index contributed by atoms with van der Waals surface area (Å²) in [5.41, 5.74) is 31.2. The van der Waals surface area contributed by atoms with Crippen molar-refractivity contribution in [2.24, 2.45) is 0 Å². The van der Waals surface area contributed by atoms with E-state index < -0.39 is 0 Å². The van der Waals surface area contributed by atoms with Gasteiger partial charge in [0.1, 0.15) is 0 Å². The van der Waals surface area contributed by atoms with E-state index in [1.165, 1.54) is 159 Å². The van der Waals surface area contributed by atoms with Gasteiger partial charge in [0.2, 0.25) is 0 Å². The zero-order valence-corrected chi connectivity index (χ0v) is 45.2. The highest BCUT2D eigenvalue weighted by molar-refractivity contribution is 6.94. The molecule has 7 aromatic carbocycles. The summed E-state index contributed by atoms with van der Waals surface area (Å²) in [6.07, 6.45) is 4.72. The molecule has 4 aliphatic carbocycles. The Hall–Kier alpha value is -5.80. The number of hydrogen-bond donors (Lipinski definition) is 0. The molecule has 0 radical (unpaired) electrons. The average molecular weight is 927 g/mol. The fourth-order valence-corrected chi connectivity index (χ4v) is 15.6. The third-order valence-corrected chi connectivity index (χ3v) is 20.0. The van der Waals surface area contributed by atoms with Gasteiger partial charge < -0.3 is 9.38 Å². The lowest BCUT2D eigenvalue weighted by Crippen LogP contribution is -2.61. The van der Waals surface area contributed by atoms with Gasteiger partial charge in [-0.2, -0.15) is 0 Å². The van der Waals surface area contributed by atoms with Gasteiger partial charge >= 0.3 is 6.85 Å². The smallest absolute Gasteiger partial charge is 0.333 e. The maximum Gasteiger partial charge on any atom is 0.333 e. The standard InChI is InChI=1S/C68H71BN2/c1-62(2,3)38-24-26-39(27-25-38)71-54-37-51-49(64(6,7)29-31-66(51,10)11)33-44(54)57-56-41-21-17-19-23-46(41)68(14,15)59(56)58-43-32-48-50(65(8,9)30-28-63(48,4)5)36-53(43)70-55-35-47-42(34-52(55)69(71)60(57)61(58)70)40-20-16-18-22-45(40)67(47,12)13/h16-27,32-37H,28-31H2,1-15H3. The molecule has 0 amide bonds. The summed E-state index contributed by atoms with van der Waals surface area (Å²) in [7, 11) is 0. The summed E-state index contributed by atoms with van der Waals surface area (Å²) >= 11 is 0. The molecule has 356 valence electrons. The Labute approximate surface area is 424 Å². The second kappa shape index (κ2) is 13.2. The van der Waals surface area contributed by atoms with Crippen LogP contribution in [0.2, 0.25) is 0 Å². The van der Waals surface area contributed by atoms with Crippen molar-refractivity contribution in [3.63, 3.8) is 0 Å². The molecular formula is C68H71BN2. The Morgan fingerprint density at radius 2 is 1.00 bits per heavy atom. The van der Waals surface area contributed by atoms with Gasteiger partial charge in [0.05, 0.1) is 11.0 Å². The average Bonchev–Trinajstić information content (AvgIpc) is 3.86. The lowest BCUT2D eigenvalue weighted by molar-refractivity contribution is 0.332. The molecule has 1 aromatic heterocycles. The van der Waals surface area contributed by atoms with Gasteiger partial charge in [-0.15, -0.1) is 0 Å². The predicted octanol–water partition coefficient (Wildman–Crippen LogP) is 16.6. The minimum Gasteiger partial charge on any atom is -0.376 e. The number of rotatable bonds is 1. The Morgan fingerprint density at radius 1 is 0.465 bits per heavy atom. The highest BCUT2D eigenvalue weighted by Crippen LogP contribution is 2.62. The first-order valence-electron chi connectivity index (χ1n) is 27.1. The van der Waals surface area contributed by atoms with E-state index in [9.17, 15) is 0 Å². The van der Waals surface area contributed by atoms with Crippen LogP contribution in [0.25, 0.3) is 60.9 Å². The third-order valence-electron chi connectivity index (χ3n) is 20.0. The second-order valence-corrected chi connectivity index (χ2v) is 27.8. The molecule has 2 aliphatic heterocycles. The Kier molecular flexibility index (Phi) is 8.19. The predicted molar refractivity (Wildman–Crippen MR) is 304 cm³/mol. The van der Waals surface area contributed by atoms with Gasteiger partial charge in [-0.05, 0) is 184 Å². The molecule has 2 nitrogen and oxygen atoms in total. The Morgan fingerprint density at radius 3 is 1.62 bits per heavy atom. The largest absolute Gasteiger partial charge is 0.376 e. The molecule has 0 saturated carbocycles. The zero-order chi connectivity index (χ0) is 49.6. The zero-order valence-electron chi connectivity index (χ0n) is 45.2. The molecule has 8 aromatic rings. The molecule has 3 heteroatoms. The summed E-state index contributed by atoms with van der Waals surface area (Å²) in [6.45, 7) is 37.0. The highest BCUT2D eigenvalue weighted by atomic mass is 15.1. The number of anilines is 2. The quantitative estimate of drug-likeness (QED) is 0.149. The molecule has 0 bridgehead atoms. The monoisotopic (exact) mass is 927 g/mol. The van der Waals surface area contributed by atoms with Gasteiger partial charge in [-0.25, -0.2) is 0 Å². The molecule has 0 saturated heterocycles. The fraction of sp³-hybridized carbons (Fsp3) is 0.382. The van der Waals surface area contributed by atoms with E-state index in [0.717, 1.165) is 0 Å². The number of nitrogens with zero attached hydrogens (tertiary/aromatic N) is 2. The third kappa shape index (κ3) is 5.41. The second-order valence-electron chi connectivity index (χ2n) is 27.8. The van der Waals surface area contributed by atoms with Crippen molar-refractivity contribution in [3.05, 3.63) is 159 Å². The molecular weight excluding hydrogens is 856 g/mol. The van der Waals surface area contributed by atoms with Crippen LogP contribution in [0.3, 0.4) is 0 Å². The van der Waals surface area contributed by atoms with E-state index in [4.69, 9.17) is 0 Å². The number of aromatic nitrogens is 1. The fourth-order valence-electron chi connectivity index (χ4n) is 15.6. The van der Waals surface area contributed by atoms with E-state index in [0.29, 0.717) is 0 Å². The van der Waals surface area contributed by atoms with Crippen LogP contribution in [0, 0.1) is 0 Å². The van der Waals surface area contributed by atoms with Crippen molar-refractivity contribution in [1.29, 1.82) is 0 Å². The van der Waals surface area contributed by atoms with Crippen molar-refractivity contribution in [3.8, 4) is 39.1 Å². The molecule has 0 unspecified atom stereocenters. The van der Waals surface area contributed by atoms with Gasteiger partial charge in [0, 0.05) is 44.2 Å². The van der Waals surface area contributed by atoms with Crippen molar-refractivity contribution in [2.75, 3.05) is 4.81 Å². The number of benzene rings is 7. The van der Waals surface area contributed by atoms with Crippen molar-refractivity contribution in [1.82, 2.24) is 4.57 Å². The minimum absolute atomic E-state index is 0.0357. The number of hydrogen-bond acceptors (Lipinski definition) is 1. The molecule has 0 fully saturated rings. The van der Waals surface area contributed by atoms with Crippen LogP contribution in [-0.4, -0.2) is 11.4 Å². The molecule has 6 aliphatic rings. The molecule has 3 heterocycles. The maximum absolute atomic E-state index is 2.83. The number of fused-ring (bicyclic) bond motifs is 18. The first-order chi connectivity index (χ1) is 33.3. The van der Waals surface area contributed by atoms with Gasteiger partial charge in [-0.3, -0.25) is 0 Å². The molecule has 71 heavy (non-hydrogen) atoms. The Bertz CT molecular complexity index is 3740. The van der Waals surface area contributed by atoms with Crippen molar-refractivity contribution >= 4 is 51.0 Å². The normalized spacial score (nSPS) is 20.2. The lowest BCUT2D eigenvalue weighted by Gasteiger charge is -2.47. The summed E-state index contributed by atoms with van der Waals surface area (Å²) in [5.74, 6) is 0. The van der Waals surface area contributed by atoms with E-state index in [1.54, 1.807) is 0 Å². The van der Waals surface area contributed by atoms with Crippen LogP contribution in [-0.2, 0) is 37.9 Å². The summed E-state index contributed by atoms with van der Waals surface area (Å²) < 4.78 is 2.82. The first kappa shape index (κ1) is 43.9.